The molecular formula is C41H27N3Se. The molecule has 0 saturated carbocycles. The zero-order valence-electron chi connectivity index (χ0n) is 24.3. The maximum absolute atomic E-state index is 4.78. The first-order valence-electron chi connectivity index (χ1n) is 15.0. The van der Waals surface area contributed by atoms with Crippen LogP contribution in [0, 0.1) is 0 Å². The van der Waals surface area contributed by atoms with Crippen molar-refractivity contribution >= 4 is 24.1 Å². The number of aromatic nitrogens is 3. The summed E-state index contributed by atoms with van der Waals surface area (Å²) in [7, 11) is 0. The molecule has 0 aliphatic rings. The van der Waals surface area contributed by atoms with E-state index < -0.39 is 0 Å². The fraction of sp³-hybridized carbons (Fsp3) is 0. The van der Waals surface area contributed by atoms with Crippen molar-refractivity contribution in [2.45, 2.75) is 0 Å². The van der Waals surface area contributed by atoms with Gasteiger partial charge in [0.05, 0.1) is 0 Å². The van der Waals surface area contributed by atoms with Gasteiger partial charge in [-0.25, -0.2) is 0 Å². The molecule has 2 aromatic heterocycles. The Hall–Kier alpha value is -5.41. The van der Waals surface area contributed by atoms with Gasteiger partial charge in [0.25, 0.3) is 0 Å². The van der Waals surface area contributed by atoms with E-state index in [1.54, 1.807) is 0 Å². The molecule has 0 aliphatic carbocycles. The number of hydrogen-bond acceptors (Lipinski definition) is 3. The SMILES string of the molecule is c1ccc(-c2ccccc2-c2c(-c3ccccc3-c3nnnc(-c4ccccc4)c3-c3ccccc3)[se]c3ccccc23)cc1. The first-order valence-corrected chi connectivity index (χ1v) is 16.7. The normalized spacial score (nSPS) is 11.1. The summed E-state index contributed by atoms with van der Waals surface area (Å²) in [6.45, 7) is 0. The Labute approximate surface area is 268 Å². The molecular weight excluding hydrogens is 613 g/mol. The second kappa shape index (κ2) is 11.9. The van der Waals surface area contributed by atoms with Crippen LogP contribution in [0.25, 0.3) is 75.5 Å². The Morgan fingerprint density at radius 2 is 0.867 bits per heavy atom. The quantitative estimate of drug-likeness (QED) is 0.170. The summed E-state index contributed by atoms with van der Waals surface area (Å²) >= 11 is 0.0848. The minimum atomic E-state index is 0.0848. The van der Waals surface area contributed by atoms with Crippen LogP contribution in [-0.2, 0) is 0 Å². The molecule has 2 heterocycles. The molecule has 0 bridgehead atoms. The van der Waals surface area contributed by atoms with Crippen molar-refractivity contribution in [2.75, 3.05) is 0 Å². The Morgan fingerprint density at radius 3 is 1.58 bits per heavy atom. The van der Waals surface area contributed by atoms with Gasteiger partial charge in [0, 0.05) is 0 Å². The van der Waals surface area contributed by atoms with Crippen molar-refractivity contribution in [3.05, 3.63) is 164 Å². The zero-order valence-corrected chi connectivity index (χ0v) is 26.1. The summed E-state index contributed by atoms with van der Waals surface area (Å²) in [6, 6.07) is 57.8. The average Bonchev–Trinajstić information content (AvgIpc) is 3.52. The van der Waals surface area contributed by atoms with Crippen molar-refractivity contribution in [3.63, 3.8) is 0 Å². The maximum atomic E-state index is 4.78. The van der Waals surface area contributed by atoms with Crippen LogP contribution in [0.4, 0.5) is 0 Å². The fourth-order valence-corrected chi connectivity index (χ4v) is 8.79. The van der Waals surface area contributed by atoms with Crippen LogP contribution < -0.4 is 0 Å². The summed E-state index contributed by atoms with van der Waals surface area (Å²) < 4.78 is 2.74. The molecule has 8 rings (SSSR count). The van der Waals surface area contributed by atoms with Crippen LogP contribution in [-0.4, -0.2) is 29.9 Å². The first kappa shape index (κ1) is 27.2. The molecule has 0 fully saturated rings. The summed E-state index contributed by atoms with van der Waals surface area (Å²) in [6.07, 6.45) is 0. The molecule has 0 aliphatic heterocycles. The number of hydrogen-bond donors (Lipinski definition) is 0. The Bertz CT molecular complexity index is 2260. The van der Waals surface area contributed by atoms with E-state index in [0.29, 0.717) is 0 Å². The topological polar surface area (TPSA) is 38.7 Å². The van der Waals surface area contributed by atoms with Crippen molar-refractivity contribution in [1.29, 1.82) is 0 Å². The summed E-state index contributed by atoms with van der Waals surface area (Å²) in [5, 5.41) is 15.0. The van der Waals surface area contributed by atoms with Crippen LogP contribution in [0.2, 0.25) is 0 Å². The van der Waals surface area contributed by atoms with Gasteiger partial charge in [0.1, 0.15) is 0 Å². The number of fused-ring (bicyclic) bond motifs is 1. The van der Waals surface area contributed by atoms with E-state index in [1.807, 2.05) is 24.3 Å². The van der Waals surface area contributed by atoms with Crippen LogP contribution in [0.1, 0.15) is 0 Å². The third-order valence-electron chi connectivity index (χ3n) is 8.18. The molecule has 3 nitrogen and oxygen atoms in total. The van der Waals surface area contributed by atoms with Crippen molar-refractivity contribution in [2.24, 2.45) is 0 Å². The van der Waals surface area contributed by atoms with Gasteiger partial charge in [-0.2, -0.15) is 0 Å². The van der Waals surface area contributed by atoms with Gasteiger partial charge in [0.2, 0.25) is 0 Å². The van der Waals surface area contributed by atoms with Crippen molar-refractivity contribution in [3.8, 4) is 65.9 Å². The molecule has 212 valence electrons. The van der Waals surface area contributed by atoms with Gasteiger partial charge in [-0.1, -0.05) is 0 Å². The molecule has 6 aromatic carbocycles. The van der Waals surface area contributed by atoms with E-state index in [2.05, 4.69) is 150 Å². The third-order valence-corrected chi connectivity index (χ3v) is 10.7. The molecule has 0 spiro atoms. The second-order valence-electron chi connectivity index (χ2n) is 10.9. The van der Waals surface area contributed by atoms with E-state index in [-0.39, 0.29) is 14.5 Å². The number of rotatable bonds is 6. The molecule has 0 amide bonds. The molecule has 4 heteroatoms. The fourth-order valence-electron chi connectivity index (χ4n) is 6.15. The third kappa shape index (κ3) is 5.01. The second-order valence-corrected chi connectivity index (χ2v) is 13.1. The van der Waals surface area contributed by atoms with E-state index >= 15 is 0 Å². The molecule has 0 unspecified atom stereocenters. The van der Waals surface area contributed by atoms with Gasteiger partial charge < -0.3 is 0 Å². The minimum absolute atomic E-state index is 0.0848. The Balaban J connectivity index is 1.42. The van der Waals surface area contributed by atoms with Crippen molar-refractivity contribution < 1.29 is 0 Å². The van der Waals surface area contributed by atoms with E-state index in [1.165, 1.54) is 41.9 Å². The Morgan fingerprint density at radius 1 is 0.356 bits per heavy atom. The van der Waals surface area contributed by atoms with Crippen LogP contribution in [0.15, 0.2) is 164 Å². The zero-order chi connectivity index (χ0) is 30.0. The van der Waals surface area contributed by atoms with E-state index in [9.17, 15) is 0 Å². The molecule has 0 saturated heterocycles. The average molecular weight is 641 g/mol. The molecule has 8 aromatic rings. The van der Waals surface area contributed by atoms with Gasteiger partial charge in [-0.05, 0) is 0 Å². The standard InChI is InChI=1S/C41H27N3Se/c1-4-16-28(17-5-1)31-22-10-11-23-32(31)38-35-26-14-15-27-36(35)45-41(38)34-25-13-12-24-33(34)40-37(29-18-6-2-7-19-29)39(42-44-43-40)30-20-8-3-9-21-30/h1-27H. The summed E-state index contributed by atoms with van der Waals surface area (Å²) in [5.74, 6) is 0. The molecule has 0 N–H and O–H groups in total. The van der Waals surface area contributed by atoms with Crippen LogP contribution >= 0.6 is 0 Å². The predicted octanol–water partition coefficient (Wildman–Crippen LogP) is 10.1. The molecule has 0 radical (unpaired) electrons. The van der Waals surface area contributed by atoms with Gasteiger partial charge >= 0.3 is 269 Å². The monoisotopic (exact) mass is 641 g/mol. The van der Waals surface area contributed by atoms with E-state index in [4.69, 9.17) is 5.10 Å². The van der Waals surface area contributed by atoms with Crippen molar-refractivity contribution in [1.82, 2.24) is 15.4 Å². The van der Waals surface area contributed by atoms with Gasteiger partial charge in [-0.3, -0.25) is 0 Å². The van der Waals surface area contributed by atoms with E-state index in [0.717, 1.165) is 33.6 Å². The Kier molecular flexibility index (Phi) is 7.20. The van der Waals surface area contributed by atoms with Crippen LogP contribution in [0.3, 0.4) is 0 Å². The first-order chi connectivity index (χ1) is 22.4. The number of nitrogens with zero attached hydrogens (tertiary/aromatic N) is 3. The number of benzene rings is 6. The van der Waals surface area contributed by atoms with Gasteiger partial charge in [0.15, 0.2) is 0 Å². The van der Waals surface area contributed by atoms with Crippen LogP contribution in [0.5, 0.6) is 0 Å². The summed E-state index contributed by atoms with van der Waals surface area (Å²) in [4.78, 5) is 0. The molecule has 45 heavy (non-hydrogen) atoms. The predicted molar refractivity (Wildman–Crippen MR) is 187 cm³/mol. The summed E-state index contributed by atoms with van der Waals surface area (Å²) in [5.41, 5.74) is 11.9. The molecule has 0 atom stereocenters. The van der Waals surface area contributed by atoms with Gasteiger partial charge in [-0.15, -0.1) is 0 Å².